The summed E-state index contributed by atoms with van der Waals surface area (Å²) in [4.78, 5) is 21.9. The number of nitro groups is 1. The third-order valence-corrected chi connectivity index (χ3v) is 5.43. The molecule has 0 aliphatic carbocycles. The van der Waals surface area contributed by atoms with Gasteiger partial charge in [0.1, 0.15) is 6.33 Å². The highest BCUT2D eigenvalue weighted by Crippen LogP contribution is 2.39. The summed E-state index contributed by atoms with van der Waals surface area (Å²) in [6.45, 7) is 2.44. The summed E-state index contributed by atoms with van der Waals surface area (Å²) in [7, 11) is 0. The predicted octanol–water partition coefficient (Wildman–Crippen LogP) is 6.20. The van der Waals surface area contributed by atoms with Crippen molar-refractivity contribution in [3.8, 4) is 0 Å². The minimum atomic E-state index is -0.442. The Hall–Kier alpha value is -3.52. The van der Waals surface area contributed by atoms with Gasteiger partial charge in [-0.25, -0.2) is 9.97 Å². The Labute approximate surface area is 181 Å². The number of nitrogens with one attached hydrogen (secondary N) is 1. The van der Waals surface area contributed by atoms with E-state index in [0.29, 0.717) is 12.2 Å². The van der Waals surface area contributed by atoms with E-state index in [-0.39, 0.29) is 17.3 Å². The molecule has 1 aromatic heterocycles. The Bertz CT molecular complexity index is 1230. The number of hydrogen-bond donors (Lipinski definition) is 1. The van der Waals surface area contributed by atoms with E-state index in [1.54, 1.807) is 0 Å². The highest BCUT2D eigenvalue weighted by molar-refractivity contribution is 9.10. The van der Waals surface area contributed by atoms with Gasteiger partial charge in [0.15, 0.2) is 0 Å². The summed E-state index contributed by atoms with van der Waals surface area (Å²) in [6, 6.07) is 21.2. The van der Waals surface area contributed by atoms with Gasteiger partial charge in [-0.2, -0.15) is 0 Å². The van der Waals surface area contributed by atoms with Crippen molar-refractivity contribution in [2.45, 2.75) is 6.92 Å². The van der Waals surface area contributed by atoms with Crippen LogP contribution in [0.3, 0.4) is 0 Å². The largest absolute Gasteiger partial charge is 0.354 e. The maximum atomic E-state index is 12.1. The Morgan fingerprint density at radius 1 is 1.03 bits per heavy atom. The molecule has 0 aliphatic heterocycles. The van der Waals surface area contributed by atoms with E-state index in [4.69, 9.17) is 0 Å². The fraction of sp³-hybridized carbons (Fsp3) is 0.0909. The normalized spacial score (nSPS) is 10.7. The maximum Gasteiger partial charge on any atom is 0.354 e. The number of aromatic nitrogens is 2. The molecule has 0 amide bonds. The van der Waals surface area contributed by atoms with Gasteiger partial charge in [0.05, 0.1) is 16.3 Å². The predicted molar refractivity (Wildman–Crippen MR) is 123 cm³/mol. The van der Waals surface area contributed by atoms with E-state index in [1.807, 2.05) is 78.6 Å². The van der Waals surface area contributed by atoms with Crippen molar-refractivity contribution in [1.29, 1.82) is 0 Å². The smallest absolute Gasteiger partial charge is 0.333 e. The molecule has 1 N–H and O–H groups in total. The Morgan fingerprint density at radius 2 is 1.77 bits per heavy atom. The molecule has 0 aliphatic rings. The molecule has 0 bridgehead atoms. The van der Waals surface area contributed by atoms with Crippen LogP contribution in [0.2, 0.25) is 0 Å². The average Bonchev–Trinajstić information content (AvgIpc) is 2.76. The minimum Gasteiger partial charge on any atom is -0.333 e. The van der Waals surface area contributed by atoms with Crippen molar-refractivity contribution in [2.75, 3.05) is 16.8 Å². The third-order valence-electron chi connectivity index (χ3n) is 4.74. The number of halogens is 1. The quantitative estimate of drug-likeness (QED) is 0.270. The van der Waals surface area contributed by atoms with E-state index in [1.165, 1.54) is 6.33 Å². The van der Waals surface area contributed by atoms with Crippen molar-refractivity contribution in [3.05, 3.63) is 87.6 Å². The molecule has 0 unspecified atom stereocenters. The van der Waals surface area contributed by atoms with Crippen LogP contribution in [0.4, 0.5) is 28.7 Å². The summed E-state index contributed by atoms with van der Waals surface area (Å²) < 4.78 is 0.779. The second-order valence-electron chi connectivity index (χ2n) is 6.50. The van der Waals surface area contributed by atoms with E-state index < -0.39 is 4.92 Å². The van der Waals surface area contributed by atoms with Gasteiger partial charge in [0.25, 0.3) is 0 Å². The Morgan fingerprint density at radius 3 is 2.53 bits per heavy atom. The number of anilines is 4. The van der Waals surface area contributed by atoms with Crippen molar-refractivity contribution in [1.82, 2.24) is 9.97 Å². The van der Waals surface area contributed by atoms with Crippen LogP contribution < -0.4 is 10.2 Å². The maximum absolute atomic E-state index is 12.1. The lowest BCUT2D eigenvalue weighted by Crippen LogP contribution is -2.20. The van der Waals surface area contributed by atoms with Crippen LogP contribution >= 0.6 is 15.9 Å². The Kier molecular flexibility index (Phi) is 5.58. The van der Waals surface area contributed by atoms with Crippen LogP contribution in [0, 0.1) is 10.1 Å². The van der Waals surface area contributed by atoms with Gasteiger partial charge in [-0.15, -0.1) is 0 Å². The first-order valence-corrected chi connectivity index (χ1v) is 10.2. The van der Waals surface area contributed by atoms with Crippen LogP contribution in [0.1, 0.15) is 6.92 Å². The lowest BCUT2D eigenvalue weighted by molar-refractivity contribution is -0.383. The summed E-state index contributed by atoms with van der Waals surface area (Å²) in [6.07, 6.45) is 1.34. The molecule has 7 nitrogen and oxygen atoms in total. The van der Waals surface area contributed by atoms with Crippen LogP contribution in [0.25, 0.3) is 10.8 Å². The second-order valence-corrected chi connectivity index (χ2v) is 7.35. The zero-order valence-corrected chi connectivity index (χ0v) is 17.7. The van der Waals surface area contributed by atoms with Crippen LogP contribution in [0.15, 0.2) is 77.5 Å². The van der Waals surface area contributed by atoms with Gasteiger partial charge < -0.3 is 10.2 Å². The lowest BCUT2D eigenvalue weighted by Gasteiger charge is -2.24. The first kappa shape index (κ1) is 19.8. The molecular formula is C22H18BrN5O2. The van der Waals surface area contributed by atoms with Gasteiger partial charge >= 0.3 is 5.69 Å². The van der Waals surface area contributed by atoms with E-state index >= 15 is 0 Å². The monoisotopic (exact) mass is 463 g/mol. The average molecular weight is 464 g/mol. The van der Waals surface area contributed by atoms with Gasteiger partial charge in [0.2, 0.25) is 11.6 Å². The van der Waals surface area contributed by atoms with Gasteiger partial charge in [0, 0.05) is 16.4 Å². The molecule has 0 saturated heterocycles. The molecule has 0 spiro atoms. The van der Waals surface area contributed by atoms with Gasteiger partial charge in [-0.05, 0) is 46.4 Å². The van der Waals surface area contributed by atoms with E-state index in [0.717, 1.165) is 20.9 Å². The standard InChI is InChI=1S/C22H18BrN5O2/c1-2-27(19-13-7-9-15-8-3-4-10-16(15)19)22-20(28(29)30)21(24-14-25-22)26-18-12-6-5-11-17(18)23/h3-14H,2H2,1H3,(H,24,25,26). The van der Waals surface area contributed by atoms with E-state index in [9.17, 15) is 10.1 Å². The summed E-state index contributed by atoms with van der Waals surface area (Å²) >= 11 is 3.45. The first-order chi connectivity index (χ1) is 14.6. The molecular weight excluding hydrogens is 446 g/mol. The molecule has 0 radical (unpaired) electrons. The number of hydrogen-bond acceptors (Lipinski definition) is 6. The van der Waals surface area contributed by atoms with Crippen molar-refractivity contribution in [3.63, 3.8) is 0 Å². The molecule has 4 aromatic rings. The third kappa shape index (κ3) is 3.69. The molecule has 0 saturated carbocycles. The van der Waals surface area contributed by atoms with Crippen LogP contribution in [0.5, 0.6) is 0 Å². The van der Waals surface area contributed by atoms with Crippen LogP contribution in [-0.4, -0.2) is 21.4 Å². The van der Waals surface area contributed by atoms with Gasteiger partial charge in [-0.3, -0.25) is 10.1 Å². The summed E-state index contributed by atoms with van der Waals surface area (Å²) in [5.74, 6) is 0.374. The number of para-hydroxylation sites is 1. The topological polar surface area (TPSA) is 84.2 Å². The molecule has 4 rings (SSSR count). The molecule has 3 aromatic carbocycles. The number of fused-ring (bicyclic) bond motifs is 1. The zero-order chi connectivity index (χ0) is 21.1. The molecule has 8 heteroatoms. The van der Waals surface area contributed by atoms with Crippen molar-refractivity contribution >= 4 is 55.4 Å². The summed E-state index contributed by atoms with van der Waals surface area (Å²) in [5.41, 5.74) is 1.35. The van der Waals surface area contributed by atoms with Crippen molar-refractivity contribution < 1.29 is 4.92 Å². The molecule has 0 fully saturated rings. The number of rotatable bonds is 6. The SMILES string of the molecule is CCN(c1ncnc(Nc2ccccc2Br)c1[N+](=O)[O-])c1cccc2ccccc12. The van der Waals surface area contributed by atoms with Crippen molar-refractivity contribution in [2.24, 2.45) is 0 Å². The van der Waals surface area contributed by atoms with Crippen LogP contribution in [-0.2, 0) is 0 Å². The molecule has 1 heterocycles. The lowest BCUT2D eigenvalue weighted by atomic mass is 10.1. The minimum absolute atomic E-state index is 0.135. The number of benzene rings is 3. The van der Waals surface area contributed by atoms with Gasteiger partial charge in [-0.1, -0.05) is 48.5 Å². The highest BCUT2D eigenvalue weighted by Gasteiger charge is 2.28. The first-order valence-electron chi connectivity index (χ1n) is 9.36. The molecule has 150 valence electrons. The second kappa shape index (κ2) is 8.46. The highest BCUT2D eigenvalue weighted by atomic mass is 79.9. The van der Waals surface area contributed by atoms with E-state index in [2.05, 4.69) is 31.2 Å². The summed E-state index contributed by atoms with van der Waals surface area (Å²) in [5, 5.41) is 17.2. The zero-order valence-electron chi connectivity index (χ0n) is 16.1. The Balaban J connectivity index is 1.87. The fourth-order valence-corrected chi connectivity index (χ4v) is 3.78. The fourth-order valence-electron chi connectivity index (χ4n) is 3.39. The molecule has 30 heavy (non-hydrogen) atoms. The molecule has 0 atom stereocenters. The number of nitrogens with zero attached hydrogens (tertiary/aromatic N) is 4.